The third-order valence-corrected chi connectivity index (χ3v) is 6.08. The number of aryl methyl sites for hydroxylation is 1. The smallest absolute Gasteiger partial charge is 0.0633 e. The lowest BCUT2D eigenvalue weighted by Gasteiger charge is -2.31. The van der Waals surface area contributed by atoms with Crippen molar-refractivity contribution in [1.82, 2.24) is 9.78 Å². The molecule has 0 aliphatic carbocycles. The Bertz CT molecular complexity index is 547. The second-order valence-electron chi connectivity index (χ2n) is 4.68. The summed E-state index contributed by atoms with van der Waals surface area (Å²) in [5.74, 6) is 0. The maximum absolute atomic E-state index is 4.51. The van der Waals surface area contributed by atoms with Gasteiger partial charge in [-0.1, -0.05) is 66.0 Å². The van der Waals surface area contributed by atoms with E-state index in [-0.39, 0.29) is 5.41 Å². The van der Waals surface area contributed by atoms with E-state index in [0.29, 0.717) is 0 Å². The molecular formula is C14H15Br3N2. The molecule has 2 rings (SSSR count). The number of hydrogen-bond donors (Lipinski definition) is 0. The fourth-order valence-corrected chi connectivity index (χ4v) is 4.80. The van der Waals surface area contributed by atoms with Crippen LogP contribution in [0.25, 0.3) is 0 Å². The second-order valence-corrected chi connectivity index (χ2v) is 6.66. The monoisotopic (exact) mass is 448 g/mol. The van der Waals surface area contributed by atoms with E-state index in [1.165, 1.54) is 5.56 Å². The predicted octanol–water partition coefficient (Wildman–Crippen LogP) is 4.45. The van der Waals surface area contributed by atoms with Crippen LogP contribution in [0, 0.1) is 0 Å². The van der Waals surface area contributed by atoms with E-state index in [2.05, 4.69) is 77.2 Å². The number of nitrogens with zero attached hydrogens (tertiary/aromatic N) is 2. The summed E-state index contributed by atoms with van der Waals surface area (Å²) in [4.78, 5) is 0. The summed E-state index contributed by atoms with van der Waals surface area (Å²) < 4.78 is 2.99. The van der Waals surface area contributed by atoms with Gasteiger partial charge < -0.3 is 0 Å². The summed E-state index contributed by atoms with van der Waals surface area (Å²) in [5, 5.41) is 6.27. The van der Waals surface area contributed by atoms with Crippen molar-refractivity contribution in [3.05, 3.63) is 52.3 Å². The highest BCUT2D eigenvalue weighted by atomic mass is 79.9. The van der Waals surface area contributed by atoms with Crippen LogP contribution in [-0.2, 0) is 18.9 Å². The summed E-state index contributed by atoms with van der Waals surface area (Å²) in [5.41, 5.74) is 2.40. The molecular weight excluding hydrogens is 436 g/mol. The van der Waals surface area contributed by atoms with Crippen molar-refractivity contribution >= 4 is 47.8 Å². The van der Waals surface area contributed by atoms with Gasteiger partial charge in [-0.05, 0) is 17.7 Å². The minimum atomic E-state index is -0.00551. The van der Waals surface area contributed by atoms with Crippen molar-refractivity contribution in [3.8, 4) is 0 Å². The van der Waals surface area contributed by atoms with Crippen molar-refractivity contribution in [3.63, 3.8) is 0 Å². The third-order valence-electron chi connectivity index (χ3n) is 3.25. The van der Waals surface area contributed by atoms with Crippen LogP contribution in [0.1, 0.15) is 11.3 Å². The first-order valence-corrected chi connectivity index (χ1v) is 9.00. The Kier molecular flexibility index (Phi) is 5.26. The van der Waals surface area contributed by atoms with Crippen LogP contribution in [-0.4, -0.2) is 20.4 Å². The minimum Gasteiger partial charge on any atom is -0.276 e. The molecule has 2 nitrogen and oxygen atoms in total. The van der Waals surface area contributed by atoms with Crippen LogP contribution < -0.4 is 0 Å². The van der Waals surface area contributed by atoms with Gasteiger partial charge in [0, 0.05) is 40.2 Å². The molecule has 0 atom stereocenters. The maximum atomic E-state index is 4.51. The van der Waals surface area contributed by atoms with Crippen LogP contribution >= 0.6 is 47.8 Å². The van der Waals surface area contributed by atoms with Gasteiger partial charge in [0.1, 0.15) is 0 Å². The van der Waals surface area contributed by atoms with Crippen molar-refractivity contribution in [2.75, 3.05) is 10.7 Å². The molecule has 1 heterocycles. The van der Waals surface area contributed by atoms with Crippen molar-refractivity contribution in [1.29, 1.82) is 0 Å². The van der Waals surface area contributed by atoms with E-state index < -0.39 is 0 Å². The molecule has 0 unspecified atom stereocenters. The Morgan fingerprint density at radius 3 is 2.37 bits per heavy atom. The van der Waals surface area contributed by atoms with E-state index in [4.69, 9.17) is 0 Å². The Morgan fingerprint density at radius 2 is 1.84 bits per heavy atom. The molecule has 0 fully saturated rings. The average Bonchev–Trinajstić information content (AvgIpc) is 2.82. The molecule has 0 spiro atoms. The molecule has 0 aliphatic rings. The zero-order chi connectivity index (χ0) is 13.9. The van der Waals surface area contributed by atoms with Gasteiger partial charge in [-0.3, -0.25) is 4.68 Å². The Hall–Kier alpha value is -0.130. The average molecular weight is 451 g/mol. The van der Waals surface area contributed by atoms with Crippen molar-refractivity contribution < 1.29 is 0 Å². The lowest BCUT2D eigenvalue weighted by atomic mass is 9.80. The molecule has 2 aromatic rings. The molecule has 0 radical (unpaired) electrons. The van der Waals surface area contributed by atoms with Gasteiger partial charge in [-0.25, -0.2) is 0 Å². The topological polar surface area (TPSA) is 17.8 Å². The van der Waals surface area contributed by atoms with Crippen LogP contribution in [0.2, 0.25) is 0 Å². The molecule has 0 bridgehead atoms. The largest absolute Gasteiger partial charge is 0.276 e. The molecule has 0 amide bonds. The van der Waals surface area contributed by atoms with Gasteiger partial charge in [-0.2, -0.15) is 5.10 Å². The summed E-state index contributed by atoms with van der Waals surface area (Å²) >= 11 is 11.0. The summed E-state index contributed by atoms with van der Waals surface area (Å²) in [6, 6.07) is 10.5. The van der Waals surface area contributed by atoms with Gasteiger partial charge in [-0.15, -0.1) is 0 Å². The number of alkyl halides is 2. The predicted molar refractivity (Wildman–Crippen MR) is 90.3 cm³/mol. The number of aromatic nitrogens is 2. The van der Waals surface area contributed by atoms with Gasteiger partial charge in [0.2, 0.25) is 0 Å². The van der Waals surface area contributed by atoms with Gasteiger partial charge in [0.05, 0.1) is 5.69 Å². The third kappa shape index (κ3) is 3.31. The fraction of sp³-hybridized carbons (Fsp3) is 0.357. The molecule has 102 valence electrons. The van der Waals surface area contributed by atoms with E-state index in [9.17, 15) is 0 Å². The molecule has 19 heavy (non-hydrogen) atoms. The number of benzene rings is 1. The Labute approximate surface area is 139 Å². The second kappa shape index (κ2) is 6.55. The highest BCUT2D eigenvalue weighted by molar-refractivity contribution is 9.10. The quantitative estimate of drug-likeness (QED) is 0.615. The van der Waals surface area contributed by atoms with Crippen LogP contribution in [0.15, 0.2) is 41.0 Å². The zero-order valence-electron chi connectivity index (χ0n) is 10.6. The van der Waals surface area contributed by atoms with Crippen LogP contribution in [0.4, 0.5) is 0 Å². The number of halogens is 3. The maximum Gasteiger partial charge on any atom is 0.0633 e. The van der Waals surface area contributed by atoms with Crippen LogP contribution in [0.3, 0.4) is 0 Å². The molecule has 0 saturated carbocycles. The molecule has 5 heteroatoms. The molecule has 0 saturated heterocycles. The molecule has 0 N–H and O–H groups in total. The molecule has 1 aromatic heterocycles. The number of rotatable bonds is 5. The lowest BCUT2D eigenvalue weighted by molar-refractivity contribution is 0.535. The van der Waals surface area contributed by atoms with Gasteiger partial charge >= 0.3 is 0 Å². The number of hydrogen-bond acceptors (Lipinski definition) is 1. The minimum absolute atomic E-state index is 0.00551. The zero-order valence-corrected chi connectivity index (χ0v) is 15.4. The van der Waals surface area contributed by atoms with E-state index >= 15 is 0 Å². The molecule has 1 aromatic carbocycles. The van der Waals surface area contributed by atoms with Crippen molar-refractivity contribution in [2.24, 2.45) is 7.05 Å². The summed E-state index contributed by atoms with van der Waals surface area (Å²) in [7, 11) is 1.95. The van der Waals surface area contributed by atoms with Gasteiger partial charge in [0.25, 0.3) is 0 Å². The highest BCUT2D eigenvalue weighted by Gasteiger charge is 2.32. The first-order valence-electron chi connectivity index (χ1n) is 5.97. The van der Waals surface area contributed by atoms with Crippen LogP contribution in [0.5, 0.6) is 0 Å². The van der Waals surface area contributed by atoms with E-state index in [0.717, 1.165) is 27.2 Å². The first-order chi connectivity index (χ1) is 9.11. The van der Waals surface area contributed by atoms with E-state index in [1.54, 1.807) is 0 Å². The van der Waals surface area contributed by atoms with Crippen molar-refractivity contribution in [2.45, 2.75) is 11.8 Å². The van der Waals surface area contributed by atoms with E-state index in [1.807, 2.05) is 24.0 Å². The SMILES string of the molecule is Cn1ccc(CC(CBr)(CBr)c2ccccc2Br)n1. The summed E-state index contributed by atoms with van der Waals surface area (Å²) in [6.45, 7) is 0. The normalized spacial score (nSPS) is 11.8. The standard InChI is InChI=1S/C14H15Br3N2/c1-19-7-6-11(18-19)8-14(9-15,10-16)12-4-2-3-5-13(12)17/h2-7H,8-10H2,1H3. The highest BCUT2D eigenvalue weighted by Crippen LogP contribution is 2.36. The first kappa shape index (κ1) is 15.3. The Morgan fingerprint density at radius 1 is 1.16 bits per heavy atom. The fourth-order valence-electron chi connectivity index (χ4n) is 2.16. The van der Waals surface area contributed by atoms with Gasteiger partial charge in [0.15, 0.2) is 0 Å². The lowest BCUT2D eigenvalue weighted by Crippen LogP contribution is -2.33. The summed E-state index contributed by atoms with van der Waals surface area (Å²) in [6.07, 6.45) is 2.88. The molecule has 0 aliphatic heterocycles. The Balaban J connectivity index is 2.40.